The van der Waals surface area contributed by atoms with Crippen molar-refractivity contribution in [2.24, 2.45) is 0 Å². The van der Waals surface area contributed by atoms with Crippen LogP contribution in [0.15, 0.2) is 55.0 Å². The third-order valence-electron chi connectivity index (χ3n) is 5.90. The summed E-state index contributed by atoms with van der Waals surface area (Å²) < 4.78 is 56.1. The molecule has 1 aliphatic rings. The van der Waals surface area contributed by atoms with Gasteiger partial charge in [-0.25, -0.2) is 9.37 Å². The molecule has 1 aliphatic heterocycles. The number of imidazole rings is 1. The van der Waals surface area contributed by atoms with Crippen LogP contribution < -0.4 is 0 Å². The van der Waals surface area contributed by atoms with Gasteiger partial charge in [-0.2, -0.15) is 13.2 Å². The Morgan fingerprint density at radius 1 is 1.18 bits per heavy atom. The molecule has 1 amide bonds. The van der Waals surface area contributed by atoms with E-state index in [1.54, 1.807) is 30.6 Å². The maximum atomic E-state index is 13.8. The smallest absolute Gasteiger partial charge is 0.367 e. The first-order valence-electron chi connectivity index (χ1n) is 10.2. The van der Waals surface area contributed by atoms with Crippen LogP contribution in [-0.4, -0.2) is 38.3 Å². The molecule has 3 aromatic heterocycles. The van der Waals surface area contributed by atoms with Gasteiger partial charge in [-0.1, -0.05) is 23.7 Å². The molecule has 33 heavy (non-hydrogen) atoms. The van der Waals surface area contributed by atoms with Gasteiger partial charge in [0.2, 0.25) is 0 Å². The topological polar surface area (TPSA) is 53.4 Å². The molecule has 1 fully saturated rings. The van der Waals surface area contributed by atoms with Crippen molar-refractivity contribution in [3.63, 3.8) is 0 Å². The van der Waals surface area contributed by atoms with E-state index in [2.05, 4.69) is 9.97 Å². The number of H-pyrrole nitrogens is 1. The molecular formula is C23H17ClF4N4O. The molecule has 0 spiro atoms. The summed E-state index contributed by atoms with van der Waals surface area (Å²) in [6.07, 6.45) is 0.498. The summed E-state index contributed by atoms with van der Waals surface area (Å²) in [7, 11) is 0. The number of aromatic nitrogens is 3. The first-order valence-corrected chi connectivity index (χ1v) is 10.6. The Balaban J connectivity index is 1.52. The zero-order chi connectivity index (χ0) is 23.3. The van der Waals surface area contributed by atoms with Crippen LogP contribution in [0.2, 0.25) is 5.15 Å². The lowest BCUT2D eigenvalue weighted by atomic mass is 9.98. The number of nitrogens with zero attached hydrogens (tertiary/aromatic N) is 3. The highest BCUT2D eigenvalue weighted by Gasteiger charge is 2.37. The van der Waals surface area contributed by atoms with Gasteiger partial charge in [0.05, 0.1) is 5.56 Å². The van der Waals surface area contributed by atoms with Crippen LogP contribution in [-0.2, 0) is 6.18 Å². The lowest BCUT2D eigenvalue weighted by molar-refractivity contribution is -0.136. The Bertz CT molecular complexity index is 1350. The number of benzene rings is 1. The van der Waals surface area contributed by atoms with Gasteiger partial charge in [0.15, 0.2) is 11.3 Å². The second kappa shape index (κ2) is 7.91. The molecular weight excluding hydrogens is 460 g/mol. The third-order valence-corrected chi connectivity index (χ3v) is 6.26. The number of halogens is 5. The summed E-state index contributed by atoms with van der Waals surface area (Å²) in [5.74, 6) is -0.996. The number of hydrogen-bond donors (Lipinski definition) is 1. The fraction of sp³-hybridized carbons (Fsp3) is 0.217. The maximum absolute atomic E-state index is 13.8. The number of likely N-dealkylation sites (tertiary alicyclic amines) is 1. The normalized spacial score (nSPS) is 16.6. The van der Waals surface area contributed by atoms with Crippen LogP contribution in [0.1, 0.15) is 34.0 Å². The number of carbonyl (C=O) groups is 1. The predicted octanol–water partition coefficient (Wildman–Crippen LogP) is 5.77. The van der Waals surface area contributed by atoms with Crippen molar-refractivity contribution in [1.82, 2.24) is 19.3 Å². The number of amides is 1. The van der Waals surface area contributed by atoms with E-state index in [1.807, 2.05) is 0 Å². The maximum Gasteiger partial charge on any atom is 0.420 e. The van der Waals surface area contributed by atoms with Crippen LogP contribution >= 0.6 is 11.6 Å². The van der Waals surface area contributed by atoms with Crippen molar-refractivity contribution in [3.05, 3.63) is 82.8 Å². The summed E-state index contributed by atoms with van der Waals surface area (Å²) in [6, 6.07) is 8.79. The van der Waals surface area contributed by atoms with E-state index in [-0.39, 0.29) is 28.1 Å². The van der Waals surface area contributed by atoms with Crippen molar-refractivity contribution in [1.29, 1.82) is 0 Å². The highest BCUT2D eigenvalue weighted by atomic mass is 35.5. The van der Waals surface area contributed by atoms with E-state index < -0.39 is 23.3 Å². The lowest BCUT2D eigenvalue weighted by Gasteiger charge is -2.15. The number of pyridine rings is 1. The van der Waals surface area contributed by atoms with Crippen molar-refractivity contribution >= 4 is 23.2 Å². The minimum Gasteiger partial charge on any atom is -0.367 e. The van der Waals surface area contributed by atoms with Crippen molar-refractivity contribution in [3.8, 4) is 11.1 Å². The molecule has 5 nitrogen and oxygen atoms in total. The number of fused-ring (bicyclic) bond motifs is 1. The van der Waals surface area contributed by atoms with Gasteiger partial charge in [0, 0.05) is 48.7 Å². The second-order valence-corrected chi connectivity index (χ2v) is 8.33. The molecule has 170 valence electrons. The SMILES string of the molecule is O=C(c1nc2c(C(F)(F)F)cc(-c3cc[nH]c3)cn2c1Cl)N1CCC(c2cccc(F)c2)C1. The number of hydrogen-bond acceptors (Lipinski definition) is 2. The Kier molecular flexibility index (Phi) is 5.16. The van der Waals surface area contributed by atoms with Crippen molar-refractivity contribution < 1.29 is 22.4 Å². The summed E-state index contributed by atoms with van der Waals surface area (Å²) in [6.45, 7) is 0.665. The molecule has 0 bridgehead atoms. The fourth-order valence-corrected chi connectivity index (χ4v) is 4.50. The molecule has 4 aromatic rings. The fourth-order valence-electron chi connectivity index (χ4n) is 4.25. The average Bonchev–Trinajstić information content (AvgIpc) is 3.53. The highest BCUT2D eigenvalue weighted by molar-refractivity contribution is 6.33. The summed E-state index contributed by atoms with van der Waals surface area (Å²) >= 11 is 6.39. The molecule has 1 saturated heterocycles. The number of carbonyl (C=O) groups excluding carboxylic acids is 1. The van der Waals surface area contributed by atoms with Crippen LogP contribution in [0.3, 0.4) is 0 Å². The van der Waals surface area contributed by atoms with Gasteiger partial charge in [-0.15, -0.1) is 0 Å². The zero-order valence-corrected chi connectivity index (χ0v) is 17.8. The first-order chi connectivity index (χ1) is 15.7. The minimum atomic E-state index is -4.70. The van der Waals surface area contributed by atoms with Crippen LogP contribution in [0, 0.1) is 5.82 Å². The number of alkyl halides is 3. The van der Waals surface area contributed by atoms with Gasteiger partial charge in [0.25, 0.3) is 5.91 Å². The molecule has 1 unspecified atom stereocenters. The summed E-state index contributed by atoms with van der Waals surface area (Å²) in [5.41, 5.74) is -0.0772. The Morgan fingerprint density at radius 2 is 2.00 bits per heavy atom. The molecule has 5 rings (SSSR count). The summed E-state index contributed by atoms with van der Waals surface area (Å²) in [5, 5.41) is -0.188. The second-order valence-electron chi connectivity index (χ2n) is 7.98. The number of rotatable bonds is 3. The highest BCUT2D eigenvalue weighted by Crippen LogP contribution is 2.37. The molecule has 1 atom stereocenters. The van der Waals surface area contributed by atoms with Crippen molar-refractivity contribution in [2.45, 2.75) is 18.5 Å². The molecule has 4 heterocycles. The standard InChI is InChI=1S/C23H17ClF4N4O/c24-20-19(22(33)31-7-5-15(11-31)13-2-1-3-17(25)8-13)30-21-18(23(26,27)28)9-16(12-32(20)21)14-4-6-29-10-14/h1-4,6,8-10,12,15,29H,5,7,11H2. The van der Waals surface area contributed by atoms with Gasteiger partial charge < -0.3 is 9.88 Å². The molecule has 0 aliphatic carbocycles. The Labute approximate surface area is 190 Å². The van der Waals surface area contributed by atoms with E-state index in [0.717, 1.165) is 16.0 Å². The van der Waals surface area contributed by atoms with Gasteiger partial charge >= 0.3 is 6.18 Å². The quantitative estimate of drug-likeness (QED) is 0.382. The lowest BCUT2D eigenvalue weighted by Crippen LogP contribution is -2.29. The molecule has 10 heteroatoms. The molecule has 1 N–H and O–H groups in total. The minimum absolute atomic E-state index is 0.0774. The number of aromatic amines is 1. The molecule has 0 saturated carbocycles. The summed E-state index contributed by atoms with van der Waals surface area (Å²) in [4.78, 5) is 21.5. The van der Waals surface area contributed by atoms with Gasteiger partial charge in [0.1, 0.15) is 11.0 Å². The van der Waals surface area contributed by atoms with Gasteiger partial charge in [-0.3, -0.25) is 9.20 Å². The van der Waals surface area contributed by atoms with Crippen LogP contribution in [0.4, 0.5) is 17.6 Å². The van der Waals surface area contributed by atoms with E-state index in [0.29, 0.717) is 25.1 Å². The largest absolute Gasteiger partial charge is 0.420 e. The van der Waals surface area contributed by atoms with E-state index >= 15 is 0 Å². The van der Waals surface area contributed by atoms with Crippen molar-refractivity contribution in [2.75, 3.05) is 13.1 Å². The molecule has 0 radical (unpaired) electrons. The first kappa shape index (κ1) is 21.5. The molecule has 1 aromatic carbocycles. The Hall–Kier alpha value is -3.33. The van der Waals surface area contributed by atoms with E-state index in [9.17, 15) is 22.4 Å². The van der Waals surface area contributed by atoms with Crippen LogP contribution in [0.5, 0.6) is 0 Å². The Morgan fingerprint density at radius 3 is 2.70 bits per heavy atom. The van der Waals surface area contributed by atoms with E-state index in [4.69, 9.17) is 11.6 Å². The average molecular weight is 477 g/mol. The zero-order valence-electron chi connectivity index (χ0n) is 17.0. The number of nitrogens with one attached hydrogen (secondary N) is 1. The monoisotopic (exact) mass is 476 g/mol. The van der Waals surface area contributed by atoms with Gasteiger partial charge in [-0.05, 0) is 36.2 Å². The van der Waals surface area contributed by atoms with E-state index in [1.165, 1.54) is 23.2 Å². The van der Waals surface area contributed by atoms with Crippen LogP contribution in [0.25, 0.3) is 16.8 Å². The predicted molar refractivity (Wildman–Crippen MR) is 115 cm³/mol. The third kappa shape index (κ3) is 3.86.